The standard InChI is InChI=1S/C10H7F5O/c1-5(16)7-3-2-6(10(13,14)15)4-8(7)9(11)12/h2-4,9H,1H3. The van der Waals surface area contributed by atoms with Crippen LogP contribution in [0.5, 0.6) is 0 Å². The Balaban J connectivity index is 3.34. The minimum absolute atomic E-state index is 0.307. The number of carbonyl (C=O) groups is 1. The fourth-order valence-corrected chi connectivity index (χ4v) is 1.24. The summed E-state index contributed by atoms with van der Waals surface area (Å²) >= 11 is 0. The van der Waals surface area contributed by atoms with Gasteiger partial charge in [-0.2, -0.15) is 13.2 Å². The normalized spacial score (nSPS) is 11.9. The zero-order valence-electron chi connectivity index (χ0n) is 8.11. The number of alkyl halides is 5. The lowest BCUT2D eigenvalue weighted by Gasteiger charge is -2.11. The van der Waals surface area contributed by atoms with E-state index in [9.17, 15) is 26.7 Å². The van der Waals surface area contributed by atoms with Gasteiger partial charge in [0.15, 0.2) is 5.78 Å². The largest absolute Gasteiger partial charge is 0.416 e. The van der Waals surface area contributed by atoms with E-state index in [1.807, 2.05) is 0 Å². The molecule has 6 heteroatoms. The van der Waals surface area contributed by atoms with Crippen molar-refractivity contribution < 1.29 is 26.7 Å². The van der Waals surface area contributed by atoms with Crippen LogP contribution in [-0.4, -0.2) is 5.78 Å². The van der Waals surface area contributed by atoms with E-state index in [0.29, 0.717) is 12.1 Å². The summed E-state index contributed by atoms with van der Waals surface area (Å²) in [6.45, 7) is 1.02. The van der Waals surface area contributed by atoms with Crippen molar-refractivity contribution >= 4 is 5.78 Å². The van der Waals surface area contributed by atoms with Gasteiger partial charge in [-0.3, -0.25) is 4.79 Å². The van der Waals surface area contributed by atoms with E-state index in [2.05, 4.69) is 0 Å². The lowest BCUT2D eigenvalue weighted by Crippen LogP contribution is -2.08. The molecule has 0 aromatic heterocycles. The summed E-state index contributed by atoms with van der Waals surface area (Å²) in [6.07, 6.45) is -7.81. The minimum Gasteiger partial charge on any atom is -0.294 e. The van der Waals surface area contributed by atoms with Gasteiger partial charge < -0.3 is 0 Å². The van der Waals surface area contributed by atoms with Crippen molar-refractivity contribution in [1.82, 2.24) is 0 Å². The van der Waals surface area contributed by atoms with E-state index in [0.717, 1.165) is 13.0 Å². The van der Waals surface area contributed by atoms with Gasteiger partial charge in [-0.15, -0.1) is 0 Å². The molecule has 0 fully saturated rings. The molecule has 88 valence electrons. The first-order chi connectivity index (χ1) is 7.23. The van der Waals surface area contributed by atoms with Crippen molar-refractivity contribution in [2.75, 3.05) is 0 Å². The van der Waals surface area contributed by atoms with Gasteiger partial charge in [-0.25, -0.2) is 8.78 Å². The molecular weight excluding hydrogens is 231 g/mol. The van der Waals surface area contributed by atoms with Gasteiger partial charge in [0.2, 0.25) is 0 Å². The Morgan fingerprint density at radius 1 is 1.25 bits per heavy atom. The summed E-state index contributed by atoms with van der Waals surface area (Å²) in [5.74, 6) is -0.691. The summed E-state index contributed by atoms with van der Waals surface area (Å²) in [4.78, 5) is 10.9. The average Bonchev–Trinajstić information content (AvgIpc) is 2.15. The van der Waals surface area contributed by atoms with Crippen molar-refractivity contribution in [3.63, 3.8) is 0 Å². The second-order valence-electron chi connectivity index (χ2n) is 3.16. The topological polar surface area (TPSA) is 17.1 Å². The number of halogens is 5. The minimum atomic E-state index is -4.70. The van der Waals surface area contributed by atoms with E-state index in [1.54, 1.807) is 0 Å². The number of ketones is 1. The van der Waals surface area contributed by atoms with Crippen LogP contribution in [0, 0.1) is 0 Å². The number of hydrogen-bond donors (Lipinski definition) is 0. The van der Waals surface area contributed by atoms with Crippen LogP contribution in [0.25, 0.3) is 0 Å². The molecule has 1 aromatic rings. The van der Waals surface area contributed by atoms with Gasteiger partial charge >= 0.3 is 6.18 Å². The van der Waals surface area contributed by atoms with Gasteiger partial charge in [-0.1, -0.05) is 6.07 Å². The van der Waals surface area contributed by atoms with Crippen LogP contribution >= 0.6 is 0 Å². The van der Waals surface area contributed by atoms with Crippen LogP contribution in [0.15, 0.2) is 18.2 Å². The van der Waals surface area contributed by atoms with Gasteiger partial charge in [0.05, 0.1) is 5.56 Å². The fourth-order valence-electron chi connectivity index (χ4n) is 1.24. The Hall–Kier alpha value is -1.46. The van der Waals surface area contributed by atoms with Crippen LogP contribution in [0.1, 0.15) is 34.8 Å². The second kappa shape index (κ2) is 4.19. The Morgan fingerprint density at radius 3 is 2.19 bits per heavy atom. The summed E-state index contributed by atoms with van der Waals surface area (Å²) in [5, 5.41) is 0. The lowest BCUT2D eigenvalue weighted by molar-refractivity contribution is -0.137. The third-order valence-electron chi connectivity index (χ3n) is 1.99. The smallest absolute Gasteiger partial charge is 0.294 e. The van der Waals surface area contributed by atoms with E-state index in [1.165, 1.54) is 0 Å². The SMILES string of the molecule is CC(=O)c1ccc(C(F)(F)F)cc1C(F)F. The molecule has 0 heterocycles. The van der Waals surface area contributed by atoms with Gasteiger partial charge in [0, 0.05) is 11.1 Å². The highest BCUT2D eigenvalue weighted by Crippen LogP contribution is 2.33. The molecule has 0 aliphatic rings. The summed E-state index contributed by atoms with van der Waals surface area (Å²) in [7, 11) is 0. The average molecular weight is 238 g/mol. The zero-order valence-corrected chi connectivity index (χ0v) is 8.11. The molecule has 0 amide bonds. The number of Topliss-reactive ketones (excluding diaryl/α,β-unsaturated/α-hetero) is 1. The molecule has 0 saturated heterocycles. The highest BCUT2D eigenvalue weighted by Gasteiger charge is 2.32. The highest BCUT2D eigenvalue weighted by atomic mass is 19.4. The Bertz CT molecular complexity index is 408. The molecule has 1 rings (SSSR count). The van der Waals surface area contributed by atoms with E-state index >= 15 is 0 Å². The molecular formula is C10H7F5O. The highest BCUT2D eigenvalue weighted by molar-refractivity contribution is 5.95. The molecule has 16 heavy (non-hydrogen) atoms. The molecule has 0 unspecified atom stereocenters. The number of carbonyl (C=O) groups excluding carboxylic acids is 1. The maximum atomic E-state index is 12.4. The number of benzene rings is 1. The van der Waals surface area contributed by atoms with Crippen molar-refractivity contribution in [3.05, 3.63) is 34.9 Å². The van der Waals surface area contributed by atoms with Crippen LogP contribution < -0.4 is 0 Å². The first-order valence-corrected chi connectivity index (χ1v) is 4.23. The Morgan fingerprint density at radius 2 is 1.81 bits per heavy atom. The summed E-state index contributed by atoms with van der Waals surface area (Å²) < 4.78 is 61.6. The summed E-state index contributed by atoms with van der Waals surface area (Å²) in [6, 6.07) is 1.69. The molecule has 1 aromatic carbocycles. The monoisotopic (exact) mass is 238 g/mol. The van der Waals surface area contributed by atoms with Crippen molar-refractivity contribution in [2.45, 2.75) is 19.5 Å². The molecule has 0 atom stereocenters. The lowest BCUT2D eigenvalue weighted by atomic mass is 10.0. The first-order valence-electron chi connectivity index (χ1n) is 4.23. The van der Waals surface area contributed by atoms with E-state index in [4.69, 9.17) is 0 Å². The predicted molar refractivity (Wildman–Crippen MR) is 46.4 cm³/mol. The first kappa shape index (κ1) is 12.6. The van der Waals surface area contributed by atoms with Crippen LogP contribution in [0.3, 0.4) is 0 Å². The number of rotatable bonds is 2. The Kier molecular flexibility index (Phi) is 3.30. The van der Waals surface area contributed by atoms with Crippen molar-refractivity contribution in [2.24, 2.45) is 0 Å². The van der Waals surface area contributed by atoms with E-state index < -0.39 is 29.5 Å². The Labute approximate surface area is 87.9 Å². The van der Waals surface area contributed by atoms with Crippen molar-refractivity contribution in [3.8, 4) is 0 Å². The number of hydrogen-bond acceptors (Lipinski definition) is 1. The molecule has 0 aliphatic carbocycles. The van der Waals surface area contributed by atoms with E-state index in [-0.39, 0.29) is 5.56 Å². The van der Waals surface area contributed by atoms with Gasteiger partial charge in [0.25, 0.3) is 6.43 Å². The maximum Gasteiger partial charge on any atom is 0.416 e. The molecule has 0 bridgehead atoms. The van der Waals surface area contributed by atoms with Gasteiger partial charge in [0.1, 0.15) is 0 Å². The van der Waals surface area contributed by atoms with Crippen LogP contribution in [0.2, 0.25) is 0 Å². The third-order valence-corrected chi connectivity index (χ3v) is 1.99. The van der Waals surface area contributed by atoms with Crippen LogP contribution in [0.4, 0.5) is 22.0 Å². The quantitative estimate of drug-likeness (QED) is 0.565. The second-order valence-corrected chi connectivity index (χ2v) is 3.16. The molecule has 0 aliphatic heterocycles. The molecule has 0 saturated carbocycles. The van der Waals surface area contributed by atoms with Crippen LogP contribution in [-0.2, 0) is 6.18 Å². The molecule has 0 spiro atoms. The summed E-state index contributed by atoms with van der Waals surface area (Å²) in [5.41, 5.74) is -2.46. The maximum absolute atomic E-state index is 12.4. The predicted octanol–water partition coefficient (Wildman–Crippen LogP) is 3.85. The van der Waals surface area contributed by atoms with Gasteiger partial charge in [-0.05, 0) is 19.1 Å². The van der Waals surface area contributed by atoms with Crippen molar-refractivity contribution in [1.29, 1.82) is 0 Å². The third kappa shape index (κ3) is 2.56. The molecule has 0 N–H and O–H groups in total. The zero-order chi connectivity index (χ0) is 12.5. The molecule has 0 radical (unpaired) electrons. The molecule has 1 nitrogen and oxygen atoms in total. The fraction of sp³-hybridized carbons (Fsp3) is 0.300.